The Bertz CT molecular complexity index is 234. The van der Waals surface area contributed by atoms with E-state index in [1.165, 1.54) is 6.42 Å². The minimum absolute atomic E-state index is 0.747. The Morgan fingerprint density at radius 1 is 1.58 bits per heavy atom. The van der Waals surface area contributed by atoms with E-state index in [4.69, 9.17) is 11.6 Å². The summed E-state index contributed by atoms with van der Waals surface area (Å²) in [7, 11) is 1.95. The van der Waals surface area contributed by atoms with Gasteiger partial charge in [-0.2, -0.15) is 0 Å². The van der Waals surface area contributed by atoms with Gasteiger partial charge in [0.05, 0.1) is 13.6 Å². The summed E-state index contributed by atoms with van der Waals surface area (Å²) in [5, 5.41) is 0.791. The zero-order chi connectivity index (χ0) is 9.14. The highest BCUT2D eigenvalue weighted by molar-refractivity contribution is 6.29. The van der Waals surface area contributed by atoms with Crippen molar-refractivity contribution < 1.29 is 4.57 Å². The number of halogens is 1. The molecule has 0 saturated carbocycles. The quantitative estimate of drug-likeness (QED) is 0.641. The highest BCUT2D eigenvalue weighted by Gasteiger charge is 2.07. The highest BCUT2D eigenvalue weighted by atomic mass is 35.5. The lowest BCUT2D eigenvalue weighted by Gasteiger charge is -1.99. The van der Waals surface area contributed by atoms with E-state index in [2.05, 4.69) is 18.4 Å². The van der Waals surface area contributed by atoms with Gasteiger partial charge < -0.3 is 0 Å². The molecule has 0 spiro atoms. The van der Waals surface area contributed by atoms with Gasteiger partial charge in [-0.15, -0.1) is 0 Å². The van der Waals surface area contributed by atoms with E-state index in [-0.39, 0.29) is 0 Å². The molecule has 0 fully saturated rings. The molecule has 1 heterocycles. The van der Waals surface area contributed by atoms with Gasteiger partial charge in [0.25, 0.3) is 0 Å². The molecule has 0 aliphatic rings. The molecule has 0 amide bonds. The van der Waals surface area contributed by atoms with Gasteiger partial charge in [0.15, 0.2) is 0 Å². The number of imidazole rings is 1. The van der Waals surface area contributed by atoms with Crippen LogP contribution in [0.5, 0.6) is 0 Å². The van der Waals surface area contributed by atoms with Crippen LogP contribution in [0.25, 0.3) is 0 Å². The second kappa shape index (κ2) is 3.94. The van der Waals surface area contributed by atoms with Gasteiger partial charge in [-0.1, -0.05) is 13.8 Å². The first kappa shape index (κ1) is 9.59. The summed E-state index contributed by atoms with van der Waals surface area (Å²) >= 11 is 5.89. The maximum atomic E-state index is 5.89. The summed E-state index contributed by atoms with van der Waals surface area (Å²) in [4.78, 5) is 0. The molecule has 1 aromatic rings. The maximum absolute atomic E-state index is 5.89. The standard InChI is InChI=1S/C9H16ClN2/c1-8(2)4-5-12-6-9(10)11(3)7-12/h6-8H,4-5H2,1-3H3/q+1. The van der Waals surface area contributed by atoms with Crippen LogP contribution in [-0.4, -0.2) is 4.57 Å². The van der Waals surface area contributed by atoms with E-state index in [1.54, 1.807) is 0 Å². The topological polar surface area (TPSA) is 8.81 Å². The van der Waals surface area contributed by atoms with Crippen molar-refractivity contribution in [3.05, 3.63) is 17.7 Å². The molecule has 1 aromatic heterocycles. The third-order valence-electron chi connectivity index (χ3n) is 1.90. The average Bonchev–Trinajstić information content (AvgIpc) is 2.28. The Hall–Kier alpha value is -0.500. The van der Waals surface area contributed by atoms with Crippen molar-refractivity contribution in [2.75, 3.05) is 0 Å². The first-order chi connectivity index (χ1) is 5.59. The fourth-order valence-electron chi connectivity index (χ4n) is 1.07. The van der Waals surface area contributed by atoms with E-state index < -0.39 is 0 Å². The predicted octanol–water partition coefficient (Wildman–Crippen LogP) is 2.01. The third kappa shape index (κ3) is 2.52. The highest BCUT2D eigenvalue weighted by Crippen LogP contribution is 2.03. The smallest absolute Gasteiger partial charge is 0.235 e. The van der Waals surface area contributed by atoms with E-state index in [0.29, 0.717) is 0 Å². The fourth-order valence-corrected chi connectivity index (χ4v) is 1.24. The zero-order valence-corrected chi connectivity index (χ0v) is 8.67. The molecule has 0 aliphatic heterocycles. The Labute approximate surface area is 78.8 Å². The van der Waals surface area contributed by atoms with E-state index in [9.17, 15) is 0 Å². The monoisotopic (exact) mass is 187 g/mol. The molecule has 2 nitrogen and oxygen atoms in total. The number of hydrogen-bond acceptors (Lipinski definition) is 0. The normalized spacial score (nSPS) is 11.1. The molecule has 0 aromatic carbocycles. The molecule has 0 N–H and O–H groups in total. The number of nitrogens with zero attached hydrogens (tertiary/aromatic N) is 2. The lowest BCUT2D eigenvalue weighted by Crippen LogP contribution is -2.31. The van der Waals surface area contributed by atoms with Gasteiger partial charge in [0, 0.05) is 0 Å². The molecule has 0 radical (unpaired) electrons. The van der Waals surface area contributed by atoms with Gasteiger partial charge in [-0.25, -0.2) is 9.13 Å². The van der Waals surface area contributed by atoms with Crippen LogP contribution in [0.1, 0.15) is 20.3 Å². The van der Waals surface area contributed by atoms with Crippen molar-refractivity contribution in [2.24, 2.45) is 13.0 Å². The molecule has 3 heteroatoms. The molecule has 0 unspecified atom stereocenters. The van der Waals surface area contributed by atoms with Gasteiger partial charge in [0.1, 0.15) is 6.20 Å². The molecular weight excluding hydrogens is 172 g/mol. The number of hydrogen-bond donors (Lipinski definition) is 0. The molecule has 0 saturated heterocycles. The summed E-state index contributed by atoms with van der Waals surface area (Å²) in [5.74, 6) is 0.747. The lowest BCUT2D eigenvalue weighted by molar-refractivity contribution is -0.697. The van der Waals surface area contributed by atoms with Crippen LogP contribution in [0, 0.1) is 5.92 Å². The van der Waals surface area contributed by atoms with Crippen molar-refractivity contribution in [2.45, 2.75) is 26.8 Å². The zero-order valence-electron chi connectivity index (χ0n) is 7.92. The van der Waals surface area contributed by atoms with Gasteiger partial charge >= 0.3 is 0 Å². The number of aromatic nitrogens is 2. The van der Waals surface area contributed by atoms with E-state index in [0.717, 1.165) is 17.6 Å². The molecule has 68 valence electrons. The fraction of sp³-hybridized carbons (Fsp3) is 0.667. The van der Waals surface area contributed by atoms with Crippen LogP contribution >= 0.6 is 11.6 Å². The van der Waals surface area contributed by atoms with Crippen LogP contribution < -0.4 is 4.57 Å². The number of aryl methyl sites for hydroxylation is 2. The Morgan fingerprint density at radius 2 is 2.25 bits per heavy atom. The van der Waals surface area contributed by atoms with Gasteiger partial charge in [0.2, 0.25) is 11.5 Å². The largest absolute Gasteiger partial charge is 0.244 e. The second-order valence-corrected chi connectivity index (χ2v) is 3.99. The Kier molecular flexibility index (Phi) is 3.15. The van der Waals surface area contributed by atoms with Crippen LogP contribution in [0.3, 0.4) is 0 Å². The van der Waals surface area contributed by atoms with Crippen molar-refractivity contribution in [1.82, 2.24) is 4.57 Å². The lowest BCUT2D eigenvalue weighted by atomic mass is 10.1. The van der Waals surface area contributed by atoms with Crippen molar-refractivity contribution >= 4 is 11.6 Å². The Morgan fingerprint density at radius 3 is 2.67 bits per heavy atom. The summed E-state index contributed by atoms with van der Waals surface area (Å²) in [5.41, 5.74) is 0. The van der Waals surface area contributed by atoms with E-state index in [1.807, 2.05) is 24.1 Å². The summed E-state index contributed by atoms with van der Waals surface area (Å²) < 4.78 is 4.05. The van der Waals surface area contributed by atoms with Crippen molar-refractivity contribution in [1.29, 1.82) is 0 Å². The third-order valence-corrected chi connectivity index (χ3v) is 2.26. The van der Waals surface area contributed by atoms with Gasteiger partial charge in [-0.3, -0.25) is 0 Å². The summed E-state index contributed by atoms with van der Waals surface area (Å²) in [6.45, 7) is 5.51. The molecule has 0 atom stereocenters. The molecule has 0 bridgehead atoms. The first-order valence-corrected chi connectivity index (χ1v) is 4.68. The van der Waals surface area contributed by atoms with E-state index >= 15 is 0 Å². The minimum atomic E-state index is 0.747. The Balaban J connectivity index is 2.53. The summed E-state index contributed by atoms with van der Waals surface area (Å²) in [6, 6.07) is 0. The van der Waals surface area contributed by atoms with Crippen LogP contribution in [0.4, 0.5) is 0 Å². The van der Waals surface area contributed by atoms with Crippen LogP contribution in [0.15, 0.2) is 12.5 Å². The predicted molar refractivity (Wildman–Crippen MR) is 50.1 cm³/mol. The van der Waals surface area contributed by atoms with Crippen molar-refractivity contribution in [3.63, 3.8) is 0 Å². The minimum Gasteiger partial charge on any atom is -0.235 e. The average molecular weight is 188 g/mol. The van der Waals surface area contributed by atoms with Crippen LogP contribution in [-0.2, 0) is 13.6 Å². The van der Waals surface area contributed by atoms with Crippen molar-refractivity contribution in [3.8, 4) is 0 Å². The number of rotatable bonds is 3. The molecular formula is C9H16ClN2+. The van der Waals surface area contributed by atoms with Crippen LogP contribution in [0.2, 0.25) is 5.15 Å². The molecule has 12 heavy (non-hydrogen) atoms. The molecule has 0 aliphatic carbocycles. The maximum Gasteiger partial charge on any atom is 0.244 e. The first-order valence-electron chi connectivity index (χ1n) is 4.30. The SMILES string of the molecule is CC(C)CC[n+]1cc(Cl)n(C)c1. The summed E-state index contributed by atoms with van der Waals surface area (Å²) in [6.07, 6.45) is 5.18. The second-order valence-electron chi connectivity index (χ2n) is 3.60. The van der Waals surface area contributed by atoms with Gasteiger partial charge in [-0.05, 0) is 23.9 Å². The molecule has 1 rings (SSSR count).